The molecule has 2 atom stereocenters. The molecule has 0 spiro atoms. The van der Waals surface area contributed by atoms with Crippen LogP contribution in [0.2, 0.25) is 0 Å². The highest BCUT2D eigenvalue weighted by molar-refractivity contribution is 5.08. The molecule has 0 aliphatic rings. The Hall–Kier alpha value is -0.520. The summed E-state index contributed by atoms with van der Waals surface area (Å²) in [7, 11) is 0. The summed E-state index contributed by atoms with van der Waals surface area (Å²) >= 11 is 0. The van der Waals surface area contributed by atoms with Gasteiger partial charge in [0.1, 0.15) is 0 Å². The van der Waals surface area contributed by atoms with Gasteiger partial charge in [0.15, 0.2) is 0 Å². The maximum absolute atomic E-state index is 9.30. The van der Waals surface area contributed by atoms with Crippen molar-refractivity contribution in [2.24, 2.45) is 11.1 Å². The van der Waals surface area contributed by atoms with Crippen LogP contribution in [0.3, 0.4) is 0 Å². The monoisotopic (exact) mass is 169 g/mol. The van der Waals surface area contributed by atoms with Crippen LogP contribution in [-0.2, 0) is 0 Å². The second-order valence-electron chi connectivity index (χ2n) is 4.18. The molecule has 0 rings (SSSR count). The number of rotatable bonds is 2. The van der Waals surface area contributed by atoms with E-state index in [4.69, 9.17) is 5.73 Å². The van der Waals surface area contributed by atoms with Gasteiger partial charge in [0, 0.05) is 17.9 Å². The standard InChI is InChI=1S/C10H19NO/c1-8(11)9(12)6-5-7-10(2,3)4/h8-9,12H,6,11H2,1-4H3. The van der Waals surface area contributed by atoms with E-state index in [1.54, 1.807) is 6.92 Å². The molecule has 2 unspecified atom stereocenters. The highest BCUT2D eigenvalue weighted by Crippen LogP contribution is 2.10. The van der Waals surface area contributed by atoms with E-state index < -0.39 is 6.10 Å². The third-order valence-corrected chi connectivity index (χ3v) is 1.38. The smallest absolute Gasteiger partial charge is 0.0797 e. The van der Waals surface area contributed by atoms with Gasteiger partial charge in [-0.3, -0.25) is 0 Å². The molecule has 0 aliphatic heterocycles. The van der Waals surface area contributed by atoms with Gasteiger partial charge in [0.05, 0.1) is 6.10 Å². The van der Waals surface area contributed by atoms with Gasteiger partial charge in [0.25, 0.3) is 0 Å². The third kappa shape index (κ3) is 6.21. The van der Waals surface area contributed by atoms with Crippen molar-refractivity contribution < 1.29 is 5.11 Å². The Morgan fingerprint density at radius 1 is 1.42 bits per heavy atom. The van der Waals surface area contributed by atoms with Crippen molar-refractivity contribution in [3.8, 4) is 11.8 Å². The average molecular weight is 169 g/mol. The molecule has 0 saturated carbocycles. The molecule has 2 heteroatoms. The van der Waals surface area contributed by atoms with Crippen LogP contribution in [0.1, 0.15) is 34.1 Å². The molecule has 0 radical (unpaired) electrons. The summed E-state index contributed by atoms with van der Waals surface area (Å²) in [5.41, 5.74) is 5.48. The zero-order chi connectivity index (χ0) is 9.78. The van der Waals surface area contributed by atoms with Crippen LogP contribution in [0.5, 0.6) is 0 Å². The number of nitrogens with two attached hydrogens (primary N) is 1. The van der Waals surface area contributed by atoms with Crippen molar-refractivity contribution >= 4 is 0 Å². The number of aliphatic hydroxyl groups is 1. The molecule has 0 saturated heterocycles. The van der Waals surface area contributed by atoms with Crippen LogP contribution in [0.25, 0.3) is 0 Å². The van der Waals surface area contributed by atoms with Crippen LogP contribution in [0, 0.1) is 17.3 Å². The fourth-order valence-corrected chi connectivity index (χ4v) is 0.607. The van der Waals surface area contributed by atoms with Gasteiger partial charge in [-0.1, -0.05) is 11.8 Å². The molecule has 0 aliphatic carbocycles. The van der Waals surface area contributed by atoms with Crippen LogP contribution in [0.15, 0.2) is 0 Å². The molecule has 0 aromatic heterocycles. The van der Waals surface area contributed by atoms with Gasteiger partial charge in [-0.15, -0.1) is 0 Å². The SMILES string of the molecule is CC(N)C(O)CC#CC(C)(C)C. The van der Waals surface area contributed by atoms with Crippen molar-refractivity contribution in [1.29, 1.82) is 0 Å². The zero-order valence-corrected chi connectivity index (χ0v) is 8.39. The molecule has 70 valence electrons. The van der Waals surface area contributed by atoms with Gasteiger partial charge >= 0.3 is 0 Å². The first-order valence-corrected chi connectivity index (χ1v) is 4.26. The summed E-state index contributed by atoms with van der Waals surface area (Å²) in [6.45, 7) is 7.90. The molecule has 0 heterocycles. The van der Waals surface area contributed by atoms with Crippen molar-refractivity contribution in [2.45, 2.75) is 46.3 Å². The van der Waals surface area contributed by atoms with Gasteiger partial charge < -0.3 is 10.8 Å². The molecule has 12 heavy (non-hydrogen) atoms. The van der Waals surface area contributed by atoms with E-state index in [1.165, 1.54) is 0 Å². The van der Waals surface area contributed by atoms with Crippen LogP contribution < -0.4 is 5.73 Å². The van der Waals surface area contributed by atoms with E-state index in [1.807, 2.05) is 20.8 Å². The maximum Gasteiger partial charge on any atom is 0.0797 e. The minimum Gasteiger partial charge on any atom is -0.391 e. The minimum atomic E-state index is -0.500. The molecular weight excluding hydrogens is 150 g/mol. The van der Waals surface area contributed by atoms with Crippen molar-refractivity contribution in [3.05, 3.63) is 0 Å². The largest absolute Gasteiger partial charge is 0.391 e. The summed E-state index contributed by atoms with van der Waals surface area (Å²) in [5.74, 6) is 5.97. The molecular formula is C10H19NO. The fraction of sp³-hybridized carbons (Fsp3) is 0.800. The lowest BCUT2D eigenvalue weighted by Crippen LogP contribution is -2.30. The van der Waals surface area contributed by atoms with Gasteiger partial charge in [-0.25, -0.2) is 0 Å². The summed E-state index contributed by atoms with van der Waals surface area (Å²) in [4.78, 5) is 0. The minimum absolute atomic E-state index is 0.0115. The Balaban J connectivity index is 3.87. The molecule has 2 nitrogen and oxygen atoms in total. The number of aliphatic hydroxyl groups excluding tert-OH is 1. The van der Waals surface area contributed by atoms with E-state index in [-0.39, 0.29) is 11.5 Å². The first kappa shape index (κ1) is 11.5. The van der Waals surface area contributed by atoms with Crippen molar-refractivity contribution in [1.82, 2.24) is 0 Å². The van der Waals surface area contributed by atoms with E-state index >= 15 is 0 Å². The summed E-state index contributed by atoms with van der Waals surface area (Å²) in [5, 5.41) is 9.30. The number of hydrogen-bond donors (Lipinski definition) is 2. The third-order valence-electron chi connectivity index (χ3n) is 1.38. The van der Waals surface area contributed by atoms with E-state index in [9.17, 15) is 5.11 Å². The predicted octanol–water partition coefficient (Wildman–Crippen LogP) is 1.13. The average Bonchev–Trinajstić information content (AvgIpc) is 1.84. The van der Waals surface area contributed by atoms with Gasteiger partial charge in [0.2, 0.25) is 0 Å². The molecule has 3 N–H and O–H groups in total. The molecule has 0 fully saturated rings. The van der Waals surface area contributed by atoms with E-state index in [0.717, 1.165) is 0 Å². The summed E-state index contributed by atoms with van der Waals surface area (Å²) in [6.07, 6.45) is -0.0329. The second-order valence-corrected chi connectivity index (χ2v) is 4.18. The highest BCUT2D eigenvalue weighted by Gasteiger charge is 2.08. The summed E-state index contributed by atoms with van der Waals surface area (Å²) < 4.78 is 0. The van der Waals surface area contributed by atoms with Gasteiger partial charge in [-0.05, 0) is 27.7 Å². The Morgan fingerprint density at radius 3 is 2.25 bits per heavy atom. The Morgan fingerprint density at radius 2 is 1.92 bits per heavy atom. The predicted molar refractivity (Wildman–Crippen MR) is 51.5 cm³/mol. The van der Waals surface area contributed by atoms with Crippen LogP contribution >= 0.6 is 0 Å². The molecule has 0 aromatic carbocycles. The fourth-order valence-electron chi connectivity index (χ4n) is 0.607. The molecule has 0 aromatic rings. The van der Waals surface area contributed by atoms with Crippen molar-refractivity contribution in [3.63, 3.8) is 0 Å². The van der Waals surface area contributed by atoms with Crippen LogP contribution in [0.4, 0.5) is 0 Å². The van der Waals surface area contributed by atoms with E-state index in [0.29, 0.717) is 6.42 Å². The second kappa shape index (κ2) is 4.49. The Labute approximate surface area is 75.2 Å². The topological polar surface area (TPSA) is 46.2 Å². The Kier molecular flexibility index (Phi) is 4.30. The quantitative estimate of drug-likeness (QED) is 0.609. The first-order chi connectivity index (χ1) is 5.33. The van der Waals surface area contributed by atoms with Gasteiger partial charge in [-0.2, -0.15) is 0 Å². The van der Waals surface area contributed by atoms with Crippen LogP contribution in [-0.4, -0.2) is 17.3 Å². The van der Waals surface area contributed by atoms with Crippen molar-refractivity contribution in [2.75, 3.05) is 0 Å². The lowest BCUT2D eigenvalue weighted by molar-refractivity contribution is 0.156. The zero-order valence-electron chi connectivity index (χ0n) is 8.39. The lowest BCUT2D eigenvalue weighted by atomic mass is 9.97. The van der Waals surface area contributed by atoms with E-state index in [2.05, 4.69) is 11.8 Å². The summed E-state index contributed by atoms with van der Waals surface area (Å²) in [6, 6.07) is -0.195. The maximum atomic E-state index is 9.30. The first-order valence-electron chi connectivity index (χ1n) is 4.26. The Bertz CT molecular complexity index is 180. The molecule has 0 amide bonds. The molecule has 0 bridgehead atoms. The number of hydrogen-bond acceptors (Lipinski definition) is 2. The highest BCUT2D eigenvalue weighted by atomic mass is 16.3. The lowest BCUT2D eigenvalue weighted by Gasteiger charge is -2.11. The normalized spacial score (nSPS) is 16.2.